The molecule has 1 aliphatic heterocycles. The Labute approximate surface area is 135 Å². The zero-order valence-electron chi connectivity index (χ0n) is 12.3. The smallest absolute Gasteiger partial charge is 0.326 e. The van der Waals surface area contributed by atoms with Crippen molar-refractivity contribution in [2.24, 2.45) is 0 Å². The van der Waals surface area contributed by atoms with Crippen LogP contribution in [0.3, 0.4) is 0 Å². The van der Waals surface area contributed by atoms with E-state index >= 15 is 0 Å². The van der Waals surface area contributed by atoms with Gasteiger partial charge in [-0.3, -0.25) is 19.7 Å². The van der Waals surface area contributed by atoms with Crippen LogP contribution < -0.4 is 10.6 Å². The van der Waals surface area contributed by atoms with E-state index in [9.17, 15) is 34.0 Å². The van der Waals surface area contributed by atoms with E-state index in [0.717, 1.165) is 12.1 Å². The van der Waals surface area contributed by atoms with Crippen molar-refractivity contribution >= 4 is 23.5 Å². The lowest BCUT2D eigenvalue weighted by atomic mass is 10.0. The van der Waals surface area contributed by atoms with Gasteiger partial charge in [0.05, 0.1) is 4.92 Å². The molecule has 0 radical (unpaired) electrons. The highest BCUT2D eigenvalue weighted by molar-refractivity contribution is 5.92. The van der Waals surface area contributed by atoms with E-state index in [0.29, 0.717) is 0 Å². The third-order valence-corrected chi connectivity index (χ3v) is 3.57. The lowest BCUT2D eigenvalue weighted by molar-refractivity contribution is -0.387. The number of rotatable bonds is 6. The molecule has 1 fully saturated rings. The fraction of sp³-hybridized carbons (Fsp3) is 0.357. The van der Waals surface area contributed by atoms with Gasteiger partial charge in [-0.05, 0) is 18.1 Å². The van der Waals surface area contributed by atoms with E-state index in [1.54, 1.807) is 0 Å². The van der Waals surface area contributed by atoms with E-state index in [2.05, 4.69) is 10.6 Å². The zero-order chi connectivity index (χ0) is 17.9. The summed E-state index contributed by atoms with van der Waals surface area (Å²) in [6.07, 6.45) is 0.182. The van der Waals surface area contributed by atoms with E-state index in [-0.39, 0.29) is 30.7 Å². The van der Waals surface area contributed by atoms with E-state index in [4.69, 9.17) is 0 Å². The highest BCUT2D eigenvalue weighted by atomic mass is 19.1. The molecule has 2 amide bonds. The molecular weight excluding hydrogens is 325 g/mol. The highest BCUT2D eigenvalue weighted by Crippen LogP contribution is 2.19. The van der Waals surface area contributed by atoms with Crippen LogP contribution in [0.4, 0.5) is 10.1 Å². The number of carbonyl (C=O) groups is 3. The number of hydrogen-bond acceptors (Lipinski definition) is 5. The van der Waals surface area contributed by atoms with Gasteiger partial charge in [-0.1, -0.05) is 6.07 Å². The Morgan fingerprint density at radius 3 is 2.75 bits per heavy atom. The first-order valence-corrected chi connectivity index (χ1v) is 7.03. The van der Waals surface area contributed by atoms with E-state index < -0.39 is 40.4 Å². The molecule has 1 aromatic rings. The van der Waals surface area contributed by atoms with Gasteiger partial charge in [0.2, 0.25) is 17.6 Å². The Hall–Kier alpha value is -3.04. The van der Waals surface area contributed by atoms with Crippen molar-refractivity contribution in [3.63, 3.8) is 0 Å². The number of halogens is 1. The van der Waals surface area contributed by atoms with Gasteiger partial charge in [0.1, 0.15) is 12.1 Å². The molecular formula is C14H14FN3O6. The molecule has 10 heteroatoms. The van der Waals surface area contributed by atoms with Crippen molar-refractivity contribution in [2.45, 2.75) is 31.3 Å². The number of nitro benzene ring substituents is 1. The first kappa shape index (κ1) is 17.3. The van der Waals surface area contributed by atoms with Crippen LogP contribution in [0, 0.1) is 15.9 Å². The molecule has 1 aromatic carbocycles. The Bertz CT molecular complexity index is 708. The number of amides is 2. The molecule has 9 nitrogen and oxygen atoms in total. The van der Waals surface area contributed by atoms with Gasteiger partial charge in [-0.15, -0.1) is 0 Å². The number of aliphatic carboxylic acids is 1. The Morgan fingerprint density at radius 1 is 1.50 bits per heavy atom. The quantitative estimate of drug-likeness (QED) is 0.497. The molecule has 3 N–H and O–H groups in total. The topological polar surface area (TPSA) is 139 Å². The molecule has 1 aliphatic rings. The normalized spacial score (nSPS) is 17.9. The second-order valence-electron chi connectivity index (χ2n) is 5.31. The molecule has 1 saturated heterocycles. The SMILES string of the molecule is O=C1CC[C@@H](C(=O)N[C@H](Cc2ccc(F)c([N+](=O)[O-])c2)C(=O)O)N1. The van der Waals surface area contributed by atoms with Crippen LogP contribution in [-0.4, -0.2) is 39.9 Å². The minimum Gasteiger partial charge on any atom is -0.480 e. The van der Waals surface area contributed by atoms with Crippen LogP contribution in [0.2, 0.25) is 0 Å². The van der Waals surface area contributed by atoms with Crippen LogP contribution in [0.25, 0.3) is 0 Å². The maximum absolute atomic E-state index is 13.3. The highest BCUT2D eigenvalue weighted by Gasteiger charge is 2.30. The lowest BCUT2D eigenvalue weighted by Gasteiger charge is -2.17. The summed E-state index contributed by atoms with van der Waals surface area (Å²) >= 11 is 0. The van der Waals surface area contributed by atoms with Gasteiger partial charge in [-0.2, -0.15) is 4.39 Å². The van der Waals surface area contributed by atoms with Crippen LogP contribution in [0.15, 0.2) is 18.2 Å². The summed E-state index contributed by atoms with van der Waals surface area (Å²) in [6.45, 7) is 0. The minimum atomic E-state index is -1.36. The maximum atomic E-state index is 13.3. The van der Waals surface area contributed by atoms with Crippen molar-refractivity contribution in [3.05, 3.63) is 39.7 Å². The van der Waals surface area contributed by atoms with Crippen LogP contribution in [-0.2, 0) is 20.8 Å². The fourth-order valence-corrected chi connectivity index (χ4v) is 2.34. The van der Waals surface area contributed by atoms with Gasteiger partial charge < -0.3 is 15.7 Å². The van der Waals surface area contributed by atoms with Crippen LogP contribution in [0.5, 0.6) is 0 Å². The first-order chi connectivity index (χ1) is 11.3. The minimum absolute atomic E-state index is 0.181. The summed E-state index contributed by atoms with van der Waals surface area (Å²) in [6, 6.07) is 0.837. The molecule has 2 rings (SSSR count). The molecule has 0 spiro atoms. The van der Waals surface area contributed by atoms with E-state index in [1.165, 1.54) is 6.07 Å². The van der Waals surface area contributed by atoms with Crippen molar-refractivity contribution in [2.75, 3.05) is 0 Å². The Morgan fingerprint density at radius 2 is 2.21 bits per heavy atom. The standard InChI is InChI=1S/C14H14FN3O6/c15-8-2-1-7(6-11(8)18(23)24)5-10(14(21)22)17-13(20)9-3-4-12(19)16-9/h1-2,6,9-10H,3-5H2,(H,16,19)(H,17,20)(H,21,22)/t9-,10+/m0/s1. The summed E-state index contributed by atoms with van der Waals surface area (Å²) in [5, 5.41) is 24.6. The second-order valence-corrected chi connectivity index (χ2v) is 5.31. The molecule has 1 heterocycles. The monoisotopic (exact) mass is 339 g/mol. The zero-order valence-corrected chi connectivity index (χ0v) is 12.3. The van der Waals surface area contributed by atoms with Gasteiger partial charge >= 0.3 is 11.7 Å². The fourth-order valence-electron chi connectivity index (χ4n) is 2.34. The summed E-state index contributed by atoms with van der Waals surface area (Å²) in [7, 11) is 0. The number of carboxylic acid groups (broad SMARTS) is 1. The maximum Gasteiger partial charge on any atom is 0.326 e. The second kappa shape index (κ2) is 7.02. The van der Waals surface area contributed by atoms with Crippen LogP contribution >= 0.6 is 0 Å². The summed E-state index contributed by atoms with van der Waals surface area (Å²) in [5.74, 6) is -3.32. The van der Waals surface area contributed by atoms with Crippen molar-refractivity contribution < 1.29 is 28.8 Å². The molecule has 0 aromatic heterocycles. The molecule has 24 heavy (non-hydrogen) atoms. The number of carbonyl (C=O) groups excluding carboxylic acids is 2. The number of hydrogen-bond donors (Lipinski definition) is 3. The predicted molar refractivity (Wildman–Crippen MR) is 77.5 cm³/mol. The lowest BCUT2D eigenvalue weighted by Crippen LogP contribution is -2.49. The van der Waals surface area contributed by atoms with Gasteiger partial charge in [-0.25, -0.2) is 4.79 Å². The van der Waals surface area contributed by atoms with E-state index in [1.807, 2.05) is 0 Å². The van der Waals surface area contributed by atoms with Crippen molar-refractivity contribution in [1.29, 1.82) is 0 Å². The van der Waals surface area contributed by atoms with Gasteiger partial charge in [0.25, 0.3) is 0 Å². The molecule has 2 atom stereocenters. The number of nitro groups is 1. The molecule has 128 valence electrons. The van der Waals surface area contributed by atoms with Crippen molar-refractivity contribution in [1.82, 2.24) is 10.6 Å². The average Bonchev–Trinajstić information content (AvgIpc) is 2.94. The summed E-state index contributed by atoms with van der Waals surface area (Å²) in [4.78, 5) is 44.2. The summed E-state index contributed by atoms with van der Waals surface area (Å²) < 4.78 is 13.3. The Kier molecular flexibility index (Phi) is 5.07. The Balaban J connectivity index is 2.10. The molecule has 0 aliphatic carbocycles. The summed E-state index contributed by atoms with van der Waals surface area (Å²) in [5.41, 5.74) is -0.586. The number of nitrogens with zero attached hydrogens (tertiary/aromatic N) is 1. The van der Waals surface area contributed by atoms with Gasteiger partial charge in [0, 0.05) is 18.9 Å². The molecule has 0 unspecified atom stereocenters. The van der Waals surface area contributed by atoms with Crippen molar-refractivity contribution in [3.8, 4) is 0 Å². The number of carboxylic acids is 1. The third-order valence-electron chi connectivity index (χ3n) is 3.57. The number of benzene rings is 1. The predicted octanol–water partition coefficient (Wildman–Crippen LogP) is 0.124. The number of nitrogens with one attached hydrogen (secondary N) is 2. The first-order valence-electron chi connectivity index (χ1n) is 7.03. The van der Waals surface area contributed by atoms with Crippen LogP contribution in [0.1, 0.15) is 18.4 Å². The third kappa shape index (κ3) is 4.03. The molecule has 0 saturated carbocycles. The van der Waals surface area contributed by atoms with Gasteiger partial charge in [0.15, 0.2) is 0 Å². The largest absolute Gasteiger partial charge is 0.480 e. The molecule has 0 bridgehead atoms. The average molecular weight is 339 g/mol.